The Hall–Kier alpha value is -2.12. The molecule has 2 atom stereocenters. The van der Waals surface area contributed by atoms with Crippen LogP contribution < -0.4 is 10.1 Å². The molecule has 1 N–H and O–H groups in total. The molecule has 1 amide bonds. The second-order valence-corrected chi connectivity index (χ2v) is 7.82. The summed E-state index contributed by atoms with van der Waals surface area (Å²) in [5, 5.41) is 2.85. The van der Waals surface area contributed by atoms with Crippen molar-refractivity contribution in [1.82, 2.24) is 15.1 Å². The van der Waals surface area contributed by atoms with Crippen LogP contribution >= 0.6 is 0 Å². The van der Waals surface area contributed by atoms with E-state index in [9.17, 15) is 9.59 Å². The van der Waals surface area contributed by atoms with Gasteiger partial charge in [-0.2, -0.15) is 0 Å². The van der Waals surface area contributed by atoms with Gasteiger partial charge in [0.25, 0.3) is 0 Å². The van der Waals surface area contributed by atoms with Crippen LogP contribution in [0.1, 0.15) is 31.4 Å². The van der Waals surface area contributed by atoms with Crippen LogP contribution in [0.5, 0.6) is 5.75 Å². The smallest absolute Gasteiger partial charge is 0.328 e. The summed E-state index contributed by atoms with van der Waals surface area (Å²) in [5.74, 6) is 0.433. The molecule has 1 fully saturated rings. The number of aryl methyl sites for hydroxylation is 1. The Kier molecular flexibility index (Phi) is 8.92. The lowest BCUT2D eigenvalue weighted by atomic mass is 9.99. The van der Waals surface area contributed by atoms with Crippen LogP contribution in [0.25, 0.3) is 0 Å². The van der Waals surface area contributed by atoms with E-state index in [4.69, 9.17) is 9.47 Å². The standard InChI is InChI=1S/C22H35N3O4/c1-6-17(3)21(22(27)29-5)23-20(26)15-25-11-9-24(10-12-25)14-18-13-16(2)7-8-19(18)28-4/h7-8,13,17,21H,6,9-12,14-15H2,1-5H3,(H,23,26)/t17-,21+/m0/s1. The van der Waals surface area contributed by atoms with Crippen molar-refractivity contribution in [2.24, 2.45) is 5.92 Å². The Morgan fingerprint density at radius 3 is 2.38 bits per heavy atom. The second-order valence-electron chi connectivity index (χ2n) is 7.82. The minimum absolute atomic E-state index is 0.0348. The molecule has 2 rings (SSSR count). The number of amides is 1. The summed E-state index contributed by atoms with van der Waals surface area (Å²) in [4.78, 5) is 28.9. The first-order valence-corrected chi connectivity index (χ1v) is 10.3. The average Bonchev–Trinajstić information content (AvgIpc) is 2.72. The third kappa shape index (κ3) is 6.72. The Bertz CT molecular complexity index is 687. The molecule has 162 valence electrons. The minimum Gasteiger partial charge on any atom is -0.496 e. The van der Waals surface area contributed by atoms with E-state index in [0.717, 1.165) is 44.9 Å². The molecule has 0 saturated carbocycles. The number of ether oxygens (including phenoxy) is 2. The molecule has 0 aromatic heterocycles. The molecule has 1 heterocycles. The lowest BCUT2D eigenvalue weighted by Gasteiger charge is -2.35. The van der Waals surface area contributed by atoms with Crippen LogP contribution in [-0.4, -0.2) is 74.7 Å². The van der Waals surface area contributed by atoms with Crippen molar-refractivity contribution >= 4 is 11.9 Å². The van der Waals surface area contributed by atoms with Gasteiger partial charge in [-0.1, -0.05) is 38.0 Å². The fourth-order valence-corrected chi connectivity index (χ4v) is 3.60. The lowest BCUT2D eigenvalue weighted by molar-refractivity contribution is -0.146. The van der Waals surface area contributed by atoms with Gasteiger partial charge in [-0.05, 0) is 18.9 Å². The topological polar surface area (TPSA) is 71.1 Å². The molecule has 1 aliphatic heterocycles. The molecule has 1 saturated heterocycles. The van der Waals surface area contributed by atoms with Crippen molar-refractivity contribution in [3.63, 3.8) is 0 Å². The quantitative estimate of drug-likeness (QED) is 0.632. The summed E-state index contributed by atoms with van der Waals surface area (Å²) >= 11 is 0. The van der Waals surface area contributed by atoms with E-state index in [1.807, 2.05) is 19.9 Å². The molecule has 0 radical (unpaired) electrons. The lowest BCUT2D eigenvalue weighted by Crippen LogP contribution is -2.52. The number of nitrogens with one attached hydrogen (secondary N) is 1. The van der Waals surface area contributed by atoms with Gasteiger partial charge in [0.2, 0.25) is 5.91 Å². The third-order valence-corrected chi connectivity index (χ3v) is 5.65. The fraction of sp³-hybridized carbons (Fsp3) is 0.636. The Morgan fingerprint density at radius 2 is 1.79 bits per heavy atom. The zero-order valence-corrected chi connectivity index (χ0v) is 18.4. The van der Waals surface area contributed by atoms with Crippen molar-refractivity contribution in [3.05, 3.63) is 29.3 Å². The Balaban J connectivity index is 1.84. The molecule has 0 aliphatic carbocycles. The van der Waals surface area contributed by atoms with Crippen LogP contribution in [0.2, 0.25) is 0 Å². The number of benzene rings is 1. The zero-order valence-electron chi connectivity index (χ0n) is 18.4. The molecule has 1 aromatic carbocycles. The maximum atomic E-state index is 12.5. The summed E-state index contributed by atoms with van der Waals surface area (Å²) < 4.78 is 10.3. The van der Waals surface area contributed by atoms with Gasteiger partial charge in [-0.25, -0.2) is 4.79 Å². The van der Waals surface area contributed by atoms with E-state index < -0.39 is 6.04 Å². The van der Waals surface area contributed by atoms with Gasteiger partial charge in [-0.15, -0.1) is 0 Å². The summed E-state index contributed by atoms with van der Waals surface area (Å²) in [6.07, 6.45) is 0.793. The number of nitrogens with zero attached hydrogens (tertiary/aromatic N) is 2. The third-order valence-electron chi connectivity index (χ3n) is 5.65. The Morgan fingerprint density at radius 1 is 1.14 bits per heavy atom. The van der Waals surface area contributed by atoms with Crippen molar-refractivity contribution in [3.8, 4) is 5.75 Å². The fourth-order valence-electron chi connectivity index (χ4n) is 3.60. The summed E-state index contributed by atoms with van der Waals surface area (Å²) in [7, 11) is 3.05. The molecule has 29 heavy (non-hydrogen) atoms. The second kappa shape index (κ2) is 11.2. The van der Waals surface area contributed by atoms with Gasteiger partial charge in [0.05, 0.1) is 20.8 Å². The van der Waals surface area contributed by atoms with Crippen LogP contribution in [0.3, 0.4) is 0 Å². The normalized spacial score (nSPS) is 17.4. The monoisotopic (exact) mass is 405 g/mol. The predicted molar refractivity (Wildman–Crippen MR) is 113 cm³/mol. The number of hydrogen-bond acceptors (Lipinski definition) is 6. The number of esters is 1. The van der Waals surface area contributed by atoms with Crippen LogP contribution in [0.4, 0.5) is 0 Å². The molecular formula is C22H35N3O4. The van der Waals surface area contributed by atoms with Crippen molar-refractivity contribution in [1.29, 1.82) is 0 Å². The van der Waals surface area contributed by atoms with Crippen molar-refractivity contribution in [2.75, 3.05) is 46.9 Å². The predicted octanol–water partition coefficient (Wildman–Crippen LogP) is 1.83. The van der Waals surface area contributed by atoms with Gasteiger partial charge in [0.1, 0.15) is 11.8 Å². The molecule has 7 heteroatoms. The first-order valence-electron chi connectivity index (χ1n) is 10.3. The van der Waals surface area contributed by atoms with Gasteiger partial charge in [0.15, 0.2) is 0 Å². The SMILES string of the molecule is CC[C@H](C)[C@@H](NC(=O)CN1CCN(Cc2cc(C)ccc2OC)CC1)C(=O)OC. The number of hydrogen-bond donors (Lipinski definition) is 1. The van der Waals surface area contributed by atoms with Crippen LogP contribution in [0.15, 0.2) is 18.2 Å². The average molecular weight is 406 g/mol. The van der Waals surface area contributed by atoms with E-state index in [2.05, 4.69) is 34.2 Å². The van der Waals surface area contributed by atoms with Gasteiger partial charge in [-0.3, -0.25) is 14.6 Å². The van der Waals surface area contributed by atoms with E-state index in [1.54, 1.807) is 7.11 Å². The molecule has 0 spiro atoms. The minimum atomic E-state index is -0.590. The zero-order chi connectivity index (χ0) is 21.4. The van der Waals surface area contributed by atoms with Crippen molar-refractivity contribution < 1.29 is 19.1 Å². The molecule has 0 bridgehead atoms. The highest BCUT2D eigenvalue weighted by atomic mass is 16.5. The summed E-state index contributed by atoms with van der Waals surface area (Å²) in [5.41, 5.74) is 2.41. The number of methoxy groups -OCH3 is 2. The first-order chi connectivity index (χ1) is 13.9. The summed E-state index contributed by atoms with van der Waals surface area (Å²) in [6.45, 7) is 10.6. The first kappa shape index (κ1) is 23.2. The summed E-state index contributed by atoms with van der Waals surface area (Å²) in [6, 6.07) is 5.65. The van der Waals surface area contributed by atoms with E-state index >= 15 is 0 Å². The molecule has 7 nitrogen and oxygen atoms in total. The highest BCUT2D eigenvalue weighted by molar-refractivity contribution is 5.85. The molecule has 1 aliphatic rings. The van der Waals surface area contributed by atoms with E-state index in [1.165, 1.54) is 18.2 Å². The van der Waals surface area contributed by atoms with Crippen LogP contribution in [0, 0.1) is 12.8 Å². The number of carbonyl (C=O) groups is 2. The molecular weight excluding hydrogens is 370 g/mol. The maximum absolute atomic E-state index is 12.5. The number of carbonyl (C=O) groups excluding carboxylic acids is 2. The van der Waals surface area contributed by atoms with E-state index in [0.29, 0.717) is 6.54 Å². The highest BCUT2D eigenvalue weighted by Crippen LogP contribution is 2.22. The van der Waals surface area contributed by atoms with Gasteiger partial charge >= 0.3 is 5.97 Å². The Labute approximate surface area is 174 Å². The maximum Gasteiger partial charge on any atom is 0.328 e. The molecule has 1 aromatic rings. The van der Waals surface area contributed by atoms with Gasteiger partial charge in [0, 0.05) is 38.3 Å². The number of rotatable bonds is 9. The highest BCUT2D eigenvalue weighted by Gasteiger charge is 2.28. The largest absolute Gasteiger partial charge is 0.496 e. The molecule has 0 unspecified atom stereocenters. The van der Waals surface area contributed by atoms with Gasteiger partial charge < -0.3 is 14.8 Å². The van der Waals surface area contributed by atoms with Crippen molar-refractivity contribution in [2.45, 2.75) is 39.8 Å². The van der Waals surface area contributed by atoms with Crippen LogP contribution in [-0.2, 0) is 20.9 Å². The number of piperazine rings is 1. The van der Waals surface area contributed by atoms with E-state index in [-0.39, 0.29) is 17.8 Å².